The third-order valence-corrected chi connectivity index (χ3v) is 0.835. The van der Waals surface area contributed by atoms with Crippen LogP contribution in [0, 0.1) is 6.08 Å². The van der Waals surface area contributed by atoms with Crippen molar-refractivity contribution in [3.05, 3.63) is 36.5 Å². The van der Waals surface area contributed by atoms with Gasteiger partial charge in [-0.05, 0) is 0 Å². The van der Waals surface area contributed by atoms with Crippen molar-refractivity contribution in [3.63, 3.8) is 0 Å². The van der Waals surface area contributed by atoms with Gasteiger partial charge in [-0.1, -0.05) is 13.0 Å². The molecule has 50 valence electrons. The normalized spacial score (nSPS) is 11.1. The number of hydrogen-bond acceptors (Lipinski definition) is 0. The van der Waals surface area contributed by atoms with Crippen molar-refractivity contribution in [1.82, 2.24) is 0 Å². The van der Waals surface area contributed by atoms with Gasteiger partial charge in [-0.2, -0.15) is 0 Å². The standard InChI is InChI=1S/C8H11.W/c1-4-6-7-8(3)5-2;/h5-7H,2H2,1,3H3;/q-1;/b8-7-;. The SMILES string of the molecule is C=C/C(C)=C\C=[C-]C.[W]. The summed E-state index contributed by atoms with van der Waals surface area (Å²) in [5.41, 5.74) is 1.17. The van der Waals surface area contributed by atoms with Gasteiger partial charge in [0, 0.05) is 21.1 Å². The van der Waals surface area contributed by atoms with Crippen LogP contribution in [0.1, 0.15) is 13.8 Å². The fourth-order valence-corrected chi connectivity index (χ4v) is 0.283. The molecule has 0 saturated carbocycles. The molecule has 9 heavy (non-hydrogen) atoms. The van der Waals surface area contributed by atoms with E-state index in [-0.39, 0.29) is 21.1 Å². The van der Waals surface area contributed by atoms with E-state index in [4.69, 9.17) is 0 Å². The monoisotopic (exact) mass is 291 g/mol. The van der Waals surface area contributed by atoms with Crippen LogP contribution in [0.5, 0.6) is 0 Å². The molecule has 0 bridgehead atoms. The van der Waals surface area contributed by atoms with E-state index < -0.39 is 0 Å². The Labute approximate surface area is 71.6 Å². The first-order valence-electron chi connectivity index (χ1n) is 2.61. The summed E-state index contributed by atoms with van der Waals surface area (Å²) < 4.78 is 0. The van der Waals surface area contributed by atoms with E-state index in [0.717, 1.165) is 0 Å². The topological polar surface area (TPSA) is 0 Å². The van der Waals surface area contributed by atoms with E-state index in [1.165, 1.54) is 5.57 Å². The Morgan fingerprint density at radius 3 is 2.44 bits per heavy atom. The van der Waals surface area contributed by atoms with Crippen LogP contribution in [-0.2, 0) is 21.1 Å². The van der Waals surface area contributed by atoms with Crippen molar-refractivity contribution in [2.24, 2.45) is 0 Å². The van der Waals surface area contributed by atoms with Crippen LogP contribution in [-0.4, -0.2) is 0 Å². The van der Waals surface area contributed by atoms with Gasteiger partial charge in [-0.3, -0.25) is 6.08 Å². The molecule has 0 unspecified atom stereocenters. The summed E-state index contributed by atoms with van der Waals surface area (Å²) in [6.07, 6.45) is 8.53. The molecule has 0 aliphatic carbocycles. The summed E-state index contributed by atoms with van der Waals surface area (Å²) in [5.74, 6) is 0. The smallest absolute Gasteiger partial charge is 0 e. The minimum absolute atomic E-state index is 0. The molecule has 1 heteroatoms. The molecule has 0 atom stereocenters. The van der Waals surface area contributed by atoms with Crippen LogP contribution in [0.2, 0.25) is 0 Å². The van der Waals surface area contributed by atoms with Crippen molar-refractivity contribution in [1.29, 1.82) is 0 Å². The maximum absolute atomic E-state index is 3.60. The molecular formula is C8H11W-. The van der Waals surface area contributed by atoms with Crippen LogP contribution >= 0.6 is 0 Å². The van der Waals surface area contributed by atoms with Gasteiger partial charge in [0.25, 0.3) is 0 Å². The summed E-state index contributed by atoms with van der Waals surface area (Å²) in [6, 6.07) is 0. The summed E-state index contributed by atoms with van der Waals surface area (Å²) in [6.45, 7) is 7.47. The Kier molecular flexibility index (Phi) is 10.3. The number of hydrogen-bond donors (Lipinski definition) is 0. The predicted molar refractivity (Wildman–Crippen MR) is 37.4 cm³/mol. The van der Waals surface area contributed by atoms with E-state index in [0.29, 0.717) is 0 Å². The first-order valence-corrected chi connectivity index (χ1v) is 2.61. The zero-order chi connectivity index (χ0) is 6.41. The van der Waals surface area contributed by atoms with Gasteiger partial charge in [0.1, 0.15) is 0 Å². The molecule has 0 radical (unpaired) electrons. The summed E-state index contributed by atoms with van der Waals surface area (Å²) in [4.78, 5) is 0. The van der Waals surface area contributed by atoms with Gasteiger partial charge in [0.05, 0.1) is 0 Å². The Morgan fingerprint density at radius 2 is 2.11 bits per heavy atom. The van der Waals surface area contributed by atoms with Gasteiger partial charge < -0.3 is 0 Å². The molecule has 0 amide bonds. The molecule has 0 spiro atoms. The second-order valence-corrected chi connectivity index (χ2v) is 1.57. The number of allylic oxidation sites excluding steroid dienone is 5. The molecule has 0 aromatic heterocycles. The quantitative estimate of drug-likeness (QED) is 0.541. The molecule has 0 saturated heterocycles. The predicted octanol–water partition coefficient (Wildman–Crippen LogP) is 2.50. The minimum Gasteiger partial charge on any atom is -0.279 e. The maximum atomic E-state index is 3.60. The molecule has 0 aliphatic rings. The van der Waals surface area contributed by atoms with Crippen LogP contribution < -0.4 is 0 Å². The van der Waals surface area contributed by atoms with Gasteiger partial charge in [-0.25, -0.2) is 12.2 Å². The van der Waals surface area contributed by atoms with Crippen molar-refractivity contribution in [3.8, 4) is 0 Å². The molecule has 0 N–H and O–H groups in total. The number of rotatable bonds is 2. The van der Waals surface area contributed by atoms with E-state index in [9.17, 15) is 0 Å². The molecule has 0 aromatic rings. The second kappa shape index (κ2) is 7.91. The van der Waals surface area contributed by atoms with Crippen LogP contribution in [0.4, 0.5) is 0 Å². The minimum atomic E-state index is 0. The molecule has 0 rings (SSSR count). The first-order chi connectivity index (χ1) is 3.81. The molecule has 0 aliphatic heterocycles. The Hall–Kier alpha value is -0.0917. The van der Waals surface area contributed by atoms with E-state index >= 15 is 0 Å². The Balaban J connectivity index is 0. The third-order valence-electron chi connectivity index (χ3n) is 0.835. The average molecular weight is 291 g/mol. The summed E-state index contributed by atoms with van der Waals surface area (Å²) in [5, 5.41) is 0. The fourth-order valence-electron chi connectivity index (χ4n) is 0.283. The van der Waals surface area contributed by atoms with Gasteiger partial charge in [0.2, 0.25) is 0 Å². The largest absolute Gasteiger partial charge is 0.279 e. The van der Waals surface area contributed by atoms with Crippen molar-refractivity contribution in [2.75, 3.05) is 0 Å². The molecule has 0 aromatic carbocycles. The maximum Gasteiger partial charge on any atom is 0 e. The Bertz CT molecular complexity index is 121. The molecule has 0 fully saturated rings. The van der Waals surface area contributed by atoms with E-state index in [1.807, 2.05) is 32.1 Å². The second-order valence-electron chi connectivity index (χ2n) is 1.57. The van der Waals surface area contributed by atoms with Crippen molar-refractivity contribution < 1.29 is 21.1 Å². The van der Waals surface area contributed by atoms with Crippen LogP contribution in [0.3, 0.4) is 0 Å². The van der Waals surface area contributed by atoms with Crippen molar-refractivity contribution in [2.45, 2.75) is 13.8 Å². The fraction of sp³-hybridized carbons (Fsp3) is 0.250. The van der Waals surface area contributed by atoms with E-state index in [1.54, 1.807) is 0 Å². The third kappa shape index (κ3) is 7.91. The average Bonchev–Trinajstić information content (AvgIpc) is 1.83. The van der Waals surface area contributed by atoms with Gasteiger partial charge in [0.15, 0.2) is 0 Å². The van der Waals surface area contributed by atoms with Gasteiger partial charge in [-0.15, -0.1) is 19.1 Å². The molecular weight excluding hydrogens is 280 g/mol. The van der Waals surface area contributed by atoms with E-state index in [2.05, 4.69) is 12.7 Å². The molecule has 0 nitrogen and oxygen atoms in total. The zero-order valence-electron chi connectivity index (χ0n) is 5.85. The Morgan fingerprint density at radius 1 is 1.56 bits per heavy atom. The van der Waals surface area contributed by atoms with Crippen LogP contribution in [0.25, 0.3) is 0 Å². The van der Waals surface area contributed by atoms with Crippen molar-refractivity contribution >= 4 is 0 Å². The summed E-state index contributed by atoms with van der Waals surface area (Å²) in [7, 11) is 0. The van der Waals surface area contributed by atoms with Crippen LogP contribution in [0.15, 0.2) is 30.4 Å². The first kappa shape index (κ1) is 11.7. The van der Waals surface area contributed by atoms with Gasteiger partial charge >= 0.3 is 0 Å². The molecule has 0 heterocycles. The summed E-state index contributed by atoms with van der Waals surface area (Å²) >= 11 is 0. The zero-order valence-corrected chi connectivity index (χ0v) is 8.78.